The first-order chi connectivity index (χ1) is 9.93. The number of carbonyl (C=O) groups is 2. The molecule has 0 aliphatic heterocycles. The van der Waals surface area contributed by atoms with E-state index in [1.807, 2.05) is 0 Å². The largest absolute Gasteiger partial charge is 0.507 e. The van der Waals surface area contributed by atoms with Crippen molar-refractivity contribution in [1.29, 1.82) is 0 Å². The van der Waals surface area contributed by atoms with Crippen LogP contribution in [-0.2, 0) is 0 Å². The van der Waals surface area contributed by atoms with Gasteiger partial charge in [-0.25, -0.2) is 0 Å². The lowest BCUT2D eigenvalue weighted by atomic mass is 9.82. The van der Waals surface area contributed by atoms with Gasteiger partial charge in [0.15, 0.2) is 5.78 Å². The molecule has 6 nitrogen and oxygen atoms in total. The molecule has 0 amide bonds. The third-order valence-corrected chi connectivity index (χ3v) is 3.61. The Balaban J connectivity index is 2.43. The van der Waals surface area contributed by atoms with E-state index in [0.29, 0.717) is 0 Å². The normalized spacial score (nSPS) is 12.8. The van der Waals surface area contributed by atoms with Crippen LogP contribution in [0.15, 0.2) is 30.3 Å². The molecule has 0 saturated carbocycles. The first-order valence-corrected chi connectivity index (χ1v) is 6.19. The quantitative estimate of drug-likeness (QED) is 0.550. The Labute approximate surface area is 122 Å². The Hall–Kier alpha value is -2.73. The zero-order chi connectivity index (χ0) is 15.3. The Morgan fingerprint density at radius 2 is 1.71 bits per heavy atom. The highest BCUT2D eigenvalue weighted by Crippen LogP contribution is 2.39. The predicted octanol–water partition coefficient (Wildman–Crippen LogP) is 2.73. The smallest absolute Gasteiger partial charge is 0.281 e. The Morgan fingerprint density at radius 3 is 2.38 bits per heavy atom. The molecule has 1 N–H and O–H groups in total. The molecule has 0 unspecified atom stereocenters. The van der Waals surface area contributed by atoms with Crippen LogP contribution in [0.2, 0.25) is 5.02 Å². The first kappa shape index (κ1) is 13.3. The molecule has 1 aliphatic rings. The van der Waals surface area contributed by atoms with E-state index in [-0.39, 0.29) is 21.7 Å². The van der Waals surface area contributed by atoms with Gasteiger partial charge in [-0.2, -0.15) is 0 Å². The summed E-state index contributed by atoms with van der Waals surface area (Å²) < 4.78 is 0. The van der Waals surface area contributed by atoms with Crippen LogP contribution in [0.4, 0.5) is 5.69 Å². The topological polar surface area (TPSA) is 97.5 Å². The number of nitrogens with zero attached hydrogens (tertiary/aromatic N) is 1. The van der Waals surface area contributed by atoms with Crippen LogP contribution in [0.25, 0.3) is 0 Å². The minimum absolute atomic E-state index is 0.00583. The second kappa shape index (κ2) is 4.39. The van der Waals surface area contributed by atoms with Gasteiger partial charge in [0.1, 0.15) is 11.3 Å². The molecule has 0 fully saturated rings. The zero-order valence-electron chi connectivity index (χ0n) is 10.3. The van der Waals surface area contributed by atoms with Crippen molar-refractivity contribution in [2.45, 2.75) is 0 Å². The summed E-state index contributed by atoms with van der Waals surface area (Å²) in [6.07, 6.45) is 0. The Bertz CT molecular complexity index is 843. The summed E-state index contributed by atoms with van der Waals surface area (Å²) in [6, 6.07) is 6.30. The van der Waals surface area contributed by atoms with Crippen molar-refractivity contribution in [3.8, 4) is 5.75 Å². The van der Waals surface area contributed by atoms with Crippen LogP contribution >= 0.6 is 11.6 Å². The predicted molar refractivity (Wildman–Crippen MR) is 73.1 cm³/mol. The summed E-state index contributed by atoms with van der Waals surface area (Å²) in [5, 5.41) is 20.9. The van der Waals surface area contributed by atoms with E-state index >= 15 is 0 Å². The lowest BCUT2D eigenvalue weighted by Gasteiger charge is -2.18. The monoisotopic (exact) mass is 303 g/mol. The third kappa shape index (κ3) is 1.73. The van der Waals surface area contributed by atoms with Crippen molar-refractivity contribution in [2.75, 3.05) is 0 Å². The van der Waals surface area contributed by atoms with Gasteiger partial charge in [-0.15, -0.1) is 0 Å². The van der Waals surface area contributed by atoms with Gasteiger partial charge in [0.25, 0.3) is 5.69 Å². The highest BCUT2D eigenvalue weighted by Gasteiger charge is 2.38. The summed E-state index contributed by atoms with van der Waals surface area (Å²) in [7, 11) is 0. The molecule has 104 valence electrons. The van der Waals surface area contributed by atoms with E-state index in [2.05, 4.69) is 0 Å². The number of hydrogen-bond donors (Lipinski definition) is 1. The minimum atomic E-state index is -0.765. The maximum Gasteiger partial charge on any atom is 0.281 e. The number of aromatic hydroxyl groups is 1. The highest BCUT2D eigenvalue weighted by molar-refractivity contribution is 6.39. The number of nitro groups is 1. The standard InChI is InChI=1S/C14H6ClNO5/c15-7-3-1-2-6-10(7)14(19)12-9(17)5-4-8(16(20)21)11(12)13(6)18/h1-5,17H. The van der Waals surface area contributed by atoms with Gasteiger partial charge in [-0.1, -0.05) is 23.7 Å². The van der Waals surface area contributed by atoms with Gasteiger partial charge >= 0.3 is 0 Å². The molecule has 0 atom stereocenters. The van der Waals surface area contributed by atoms with Crippen LogP contribution in [0.3, 0.4) is 0 Å². The van der Waals surface area contributed by atoms with Gasteiger partial charge in [0.2, 0.25) is 5.78 Å². The fraction of sp³-hybridized carbons (Fsp3) is 0. The fourth-order valence-electron chi connectivity index (χ4n) is 2.40. The van der Waals surface area contributed by atoms with E-state index in [9.17, 15) is 24.8 Å². The number of fused-ring (bicyclic) bond motifs is 2. The molecule has 0 radical (unpaired) electrons. The second-order valence-electron chi connectivity index (χ2n) is 4.43. The molecule has 2 aromatic rings. The van der Waals surface area contributed by atoms with Crippen LogP contribution in [0.1, 0.15) is 31.8 Å². The molecule has 0 aromatic heterocycles. The number of phenolic OH excluding ortho intramolecular Hbond substituents is 1. The number of nitro benzene ring substituents is 1. The van der Waals surface area contributed by atoms with Gasteiger partial charge in [0.05, 0.1) is 21.1 Å². The number of rotatable bonds is 1. The number of ketones is 2. The summed E-state index contributed by atoms with van der Waals surface area (Å²) in [4.78, 5) is 35.2. The van der Waals surface area contributed by atoms with Crippen LogP contribution in [-0.4, -0.2) is 21.6 Å². The molecule has 7 heteroatoms. The molecule has 0 bridgehead atoms. The highest BCUT2D eigenvalue weighted by atomic mass is 35.5. The third-order valence-electron chi connectivity index (χ3n) is 3.30. The van der Waals surface area contributed by atoms with Gasteiger partial charge in [-0.3, -0.25) is 19.7 Å². The lowest BCUT2D eigenvalue weighted by molar-refractivity contribution is -0.385. The summed E-state index contributed by atoms with van der Waals surface area (Å²) >= 11 is 5.93. The summed E-state index contributed by atoms with van der Waals surface area (Å²) in [6.45, 7) is 0. The van der Waals surface area contributed by atoms with Crippen molar-refractivity contribution in [3.63, 3.8) is 0 Å². The van der Waals surface area contributed by atoms with Crippen molar-refractivity contribution in [1.82, 2.24) is 0 Å². The van der Waals surface area contributed by atoms with E-state index in [0.717, 1.165) is 12.1 Å². The number of hydrogen-bond acceptors (Lipinski definition) is 5. The fourth-order valence-corrected chi connectivity index (χ4v) is 2.66. The number of benzene rings is 2. The number of halogens is 1. The molecular weight excluding hydrogens is 298 g/mol. The summed E-state index contributed by atoms with van der Waals surface area (Å²) in [5.41, 5.74) is -1.36. The van der Waals surface area contributed by atoms with E-state index in [1.54, 1.807) is 0 Å². The van der Waals surface area contributed by atoms with E-state index < -0.39 is 33.5 Å². The first-order valence-electron chi connectivity index (χ1n) is 5.81. The van der Waals surface area contributed by atoms with E-state index in [1.165, 1.54) is 18.2 Å². The zero-order valence-corrected chi connectivity index (χ0v) is 11.0. The van der Waals surface area contributed by atoms with Crippen LogP contribution in [0, 0.1) is 10.1 Å². The van der Waals surface area contributed by atoms with Crippen molar-refractivity contribution in [2.24, 2.45) is 0 Å². The van der Waals surface area contributed by atoms with Gasteiger partial charge in [0, 0.05) is 11.6 Å². The van der Waals surface area contributed by atoms with Crippen molar-refractivity contribution >= 4 is 28.9 Å². The molecule has 0 spiro atoms. The lowest BCUT2D eigenvalue weighted by Crippen LogP contribution is -2.22. The maximum atomic E-state index is 12.5. The Kier molecular flexibility index (Phi) is 2.77. The molecule has 1 aliphatic carbocycles. The van der Waals surface area contributed by atoms with Crippen LogP contribution < -0.4 is 0 Å². The molecule has 2 aromatic carbocycles. The maximum absolute atomic E-state index is 12.5. The van der Waals surface area contributed by atoms with Gasteiger partial charge < -0.3 is 5.11 Å². The summed E-state index contributed by atoms with van der Waals surface area (Å²) in [5.74, 6) is -1.89. The van der Waals surface area contributed by atoms with Crippen molar-refractivity contribution in [3.05, 3.63) is 67.7 Å². The molecule has 21 heavy (non-hydrogen) atoms. The molecular formula is C14H6ClNO5. The average molecular weight is 304 g/mol. The number of phenols is 1. The van der Waals surface area contributed by atoms with Crippen molar-refractivity contribution < 1.29 is 19.6 Å². The molecule has 0 saturated heterocycles. The number of carbonyl (C=O) groups excluding carboxylic acids is 2. The van der Waals surface area contributed by atoms with Gasteiger partial charge in [-0.05, 0) is 12.1 Å². The Morgan fingerprint density at radius 1 is 1.00 bits per heavy atom. The minimum Gasteiger partial charge on any atom is -0.507 e. The molecule has 0 heterocycles. The average Bonchev–Trinajstić information content (AvgIpc) is 2.43. The second-order valence-corrected chi connectivity index (χ2v) is 4.84. The SMILES string of the molecule is O=C1c2c(Cl)cccc2C(=O)c2c([N+](=O)[O-])ccc(O)c21. The van der Waals surface area contributed by atoms with E-state index in [4.69, 9.17) is 11.6 Å². The molecule has 3 rings (SSSR count). The van der Waals surface area contributed by atoms with Crippen LogP contribution in [0.5, 0.6) is 5.75 Å².